The molecule has 0 bridgehead atoms. The second kappa shape index (κ2) is 11.8. The molecule has 31 heavy (non-hydrogen) atoms. The van der Waals surface area contributed by atoms with Crippen molar-refractivity contribution in [2.75, 3.05) is 32.8 Å². The summed E-state index contributed by atoms with van der Waals surface area (Å²) in [5, 5.41) is 2.70. The van der Waals surface area contributed by atoms with Gasteiger partial charge in [-0.05, 0) is 43.7 Å². The van der Waals surface area contributed by atoms with E-state index in [1.807, 2.05) is 0 Å². The standard InChI is InChI=1S/C26H34Br2N2O/c27-21-9-11-23-24-12-10-22(28)20-26(24)30(25(23)19-21)14-8-6-4-2-1-3-5-7-13-29-15-17-31-18-16-29/h9-12,19-20H,1-8,13-18H2. The molecule has 1 fully saturated rings. The van der Waals surface area contributed by atoms with Gasteiger partial charge >= 0.3 is 0 Å². The van der Waals surface area contributed by atoms with Gasteiger partial charge in [-0.25, -0.2) is 0 Å². The first kappa shape index (κ1) is 23.3. The van der Waals surface area contributed by atoms with Crippen molar-refractivity contribution in [3.63, 3.8) is 0 Å². The van der Waals surface area contributed by atoms with Gasteiger partial charge in [-0.3, -0.25) is 4.90 Å². The Morgan fingerprint density at radius 2 is 1.13 bits per heavy atom. The topological polar surface area (TPSA) is 17.4 Å². The molecule has 0 spiro atoms. The van der Waals surface area contributed by atoms with E-state index in [0.717, 1.165) is 41.8 Å². The maximum atomic E-state index is 5.42. The quantitative estimate of drug-likeness (QED) is 0.227. The van der Waals surface area contributed by atoms with Gasteiger partial charge in [0.15, 0.2) is 0 Å². The summed E-state index contributed by atoms with van der Waals surface area (Å²) in [4.78, 5) is 2.55. The van der Waals surface area contributed by atoms with Crippen LogP contribution in [0.1, 0.15) is 51.4 Å². The van der Waals surface area contributed by atoms with Crippen molar-refractivity contribution in [1.29, 1.82) is 0 Å². The number of hydrogen-bond donors (Lipinski definition) is 0. The van der Waals surface area contributed by atoms with E-state index in [1.165, 1.54) is 79.7 Å². The number of halogens is 2. The van der Waals surface area contributed by atoms with Crippen LogP contribution in [-0.2, 0) is 11.3 Å². The molecular formula is C26H34Br2N2O. The number of nitrogens with zero attached hydrogens (tertiary/aromatic N) is 2. The maximum Gasteiger partial charge on any atom is 0.0594 e. The van der Waals surface area contributed by atoms with Gasteiger partial charge < -0.3 is 9.30 Å². The minimum atomic E-state index is 0.920. The third kappa shape index (κ3) is 6.34. The lowest BCUT2D eigenvalue weighted by atomic mass is 10.1. The van der Waals surface area contributed by atoms with Crippen molar-refractivity contribution in [3.05, 3.63) is 45.3 Å². The number of rotatable bonds is 11. The maximum absolute atomic E-state index is 5.42. The normalized spacial score (nSPS) is 15.3. The highest BCUT2D eigenvalue weighted by molar-refractivity contribution is 9.10. The van der Waals surface area contributed by atoms with Gasteiger partial charge in [0.25, 0.3) is 0 Å². The van der Waals surface area contributed by atoms with Crippen LogP contribution in [0.15, 0.2) is 45.3 Å². The molecule has 0 atom stereocenters. The third-order valence-electron chi connectivity index (χ3n) is 6.50. The largest absolute Gasteiger partial charge is 0.379 e. The molecule has 0 amide bonds. The Morgan fingerprint density at radius 3 is 1.68 bits per heavy atom. The molecule has 0 aliphatic carbocycles. The smallest absolute Gasteiger partial charge is 0.0594 e. The van der Waals surface area contributed by atoms with E-state index in [9.17, 15) is 0 Å². The van der Waals surface area contributed by atoms with Crippen LogP contribution in [-0.4, -0.2) is 42.3 Å². The predicted octanol–water partition coefficient (Wildman–Crippen LogP) is 7.77. The fourth-order valence-corrected chi connectivity index (χ4v) is 5.47. The fourth-order valence-electron chi connectivity index (χ4n) is 4.77. The number of ether oxygens (including phenoxy) is 1. The SMILES string of the molecule is Brc1ccc2c3ccc(Br)cc3n(CCCCCCCCCCN3CCOCC3)c2c1. The average molecular weight is 550 g/mol. The lowest BCUT2D eigenvalue weighted by molar-refractivity contribution is 0.0371. The van der Waals surface area contributed by atoms with Crippen LogP contribution in [0.4, 0.5) is 0 Å². The van der Waals surface area contributed by atoms with Gasteiger partial charge in [0.05, 0.1) is 24.2 Å². The number of hydrogen-bond acceptors (Lipinski definition) is 2. The van der Waals surface area contributed by atoms with Crippen molar-refractivity contribution >= 4 is 53.7 Å². The molecule has 1 aliphatic heterocycles. The van der Waals surface area contributed by atoms with Crippen molar-refractivity contribution in [3.8, 4) is 0 Å². The van der Waals surface area contributed by atoms with Crippen LogP contribution < -0.4 is 0 Å². The summed E-state index contributed by atoms with van der Waals surface area (Å²) in [6, 6.07) is 13.3. The van der Waals surface area contributed by atoms with Crippen molar-refractivity contribution in [2.24, 2.45) is 0 Å². The average Bonchev–Trinajstić information content (AvgIpc) is 3.07. The zero-order chi connectivity index (χ0) is 21.5. The number of unbranched alkanes of at least 4 members (excludes halogenated alkanes) is 7. The molecular weight excluding hydrogens is 516 g/mol. The number of aromatic nitrogens is 1. The second-order valence-electron chi connectivity index (χ2n) is 8.76. The molecule has 5 heteroatoms. The van der Waals surface area contributed by atoms with Gasteiger partial charge in [-0.15, -0.1) is 0 Å². The summed E-state index contributed by atoms with van der Waals surface area (Å²) in [7, 11) is 0. The summed E-state index contributed by atoms with van der Waals surface area (Å²) in [6.45, 7) is 6.44. The van der Waals surface area contributed by atoms with Gasteiger partial charge in [0.2, 0.25) is 0 Å². The molecule has 0 saturated carbocycles. The molecule has 1 aromatic heterocycles. The Hall–Kier alpha value is -0.880. The minimum absolute atomic E-state index is 0.920. The number of morpholine rings is 1. The monoisotopic (exact) mass is 548 g/mol. The first-order valence-electron chi connectivity index (χ1n) is 11.9. The zero-order valence-corrected chi connectivity index (χ0v) is 21.6. The Kier molecular flexibility index (Phi) is 8.88. The molecule has 0 radical (unpaired) electrons. The van der Waals surface area contributed by atoms with E-state index in [2.05, 4.69) is 77.7 Å². The predicted molar refractivity (Wildman–Crippen MR) is 139 cm³/mol. The molecule has 3 aromatic rings. The molecule has 2 aromatic carbocycles. The Morgan fingerprint density at radius 1 is 0.645 bits per heavy atom. The van der Waals surface area contributed by atoms with E-state index in [-0.39, 0.29) is 0 Å². The summed E-state index contributed by atoms with van der Waals surface area (Å²) >= 11 is 7.32. The van der Waals surface area contributed by atoms with Crippen LogP contribution >= 0.6 is 31.9 Å². The molecule has 0 unspecified atom stereocenters. The number of benzene rings is 2. The highest BCUT2D eigenvalue weighted by Crippen LogP contribution is 2.33. The summed E-state index contributed by atoms with van der Waals surface area (Å²) in [6.07, 6.45) is 10.8. The Labute approximate surface area is 203 Å². The van der Waals surface area contributed by atoms with Crippen LogP contribution in [0.5, 0.6) is 0 Å². The van der Waals surface area contributed by atoms with Crippen molar-refractivity contribution in [1.82, 2.24) is 9.47 Å². The van der Waals surface area contributed by atoms with Crippen LogP contribution in [0.25, 0.3) is 21.8 Å². The lowest BCUT2D eigenvalue weighted by Crippen LogP contribution is -2.36. The van der Waals surface area contributed by atoms with Gasteiger partial charge in [0, 0.05) is 39.4 Å². The Balaban J connectivity index is 1.18. The van der Waals surface area contributed by atoms with Crippen LogP contribution in [0.3, 0.4) is 0 Å². The molecule has 3 nitrogen and oxygen atoms in total. The van der Waals surface area contributed by atoms with Crippen molar-refractivity contribution in [2.45, 2.75) is 57.9 Å². The third-order valence-corrected chi connectivity index (χ3v) is 7.49. The van der Waals surface area contributed by atoms with Crippen molar-refractivity contribution < 1.29 is 4.74 Å². The molecule has 0 N–H and O–H groups in total. The van der Waals surface area contributed by atoms with Gasteiger partial charge in [-0.2, -0.15) is 0 Å². The fraction of sp³-hybridized carbons (Fsp3) is 0.538. The molecule has 2 heterocycles. The molecule has 1 saturated heterocycles. The van der Waals surface area contributed by atoms with E-state index in [0.29, 0.717) is 0 Å². The van der Waals surface area contributed by atoms with Gasteiger partial charge in [-0.1, -0.05) is 82.5 Å². The zero-order valence-electron chi connectivity index (χ0n) is 18.4. The number of fused-ring (bicyclic) bond motifs is 3. The summed E-state index contributed by atoms with van der Waals surface area (Å²) in [5.74, 6) is 0. The highest BCUT2D eigenvalue weighted by Gasteiger charge is 2.11. The molecule has 168 valence electrons. The minimum Gasteiger partial charge on any atom is -0.379 e. The van der Waals surface area contributed by atoms with E-state index < -0.39 is 0 Å². The Bertz CT molecular complexity index is 919. The summed E-state index contributed by atoms with van der Waals surface area (Å²) in [5.41, 5.74) is 2.67. The number of aryl methyl sites for hydroxylation is 1. The summed E-state index contributed by atoms with van der Waals surface area (Å²) < 4.78 is 10.2. The molecule has 1 aliphatic rings. The van der Waals surface area contributed by atoms with E-state index in [1.54, 1.807) is 0 Å². The van der Waals surface area contributed by atoms with Crippen LogP contribution in [0.2, 0.25) is 0 Å². The van der Waals surface area contributed by atoms with Crippen LogP contribution in [0, 0.1) is 0 Å². The first-order chi connectivity index (χ1) is 15.2. The molecule has 4 rings (SSSR count). The first-order valence-corrected chi connectivity index (χ1v) is 13.5. The van der Waals surface area contributed by atoms with Gasteiger partial charge in [0.1, 0.15) is 0 Å². The second-order valence-corrected chi connectivity index (χ2v) is 10.6. The highest BCUT2D eigenvalue weighted by atomic mass is 79.9. The van der Waals surface area contributed by atoms with E-state index >= 15 is 0 Å². The lowest BCUT2D eigenvalue weighted by Gasteiger charge is -2.26. The van der Waals surface area contributed by atoms with E-state index in [4.69, 9.17) is 4.74 Å².